The largest absolute Gasteiger partial charge is 0.344 e. The van der Waals surface area contributed by atoms with Crippen LogP contribution in [0.2, 0.25) is 0 Å². The fourth-order valence-corrected chi connectivity index (χ4v) is 1.99. The third kappa shape index (κ3) is 3.32. The highest BCUT2D eigenvalue weighted by atomic mass is 16.5. The summed E-state index contributed by atoms with van der Waals surface area (Å²) in [5, 5.41) is 6.96. The van der Waals surface area contributed by atoms with Gasteiger partial charge in [0.1, 0.15) is 0 Å². The maximum atomic E-state index is 12.0. The first-order chi connectivity index (χ1) is 8.79. The Hall–Kier alpha value is -1.43. The van der Waals surface area contributed by atoms with Crippen molar-refractivity contribution in [2.45, 2.75) is 39.3 Å². The first kappa shape index (κ1) is 14.0. The molecule has 1 fully saturated rings. The fourth-order valence-electron chi connectivity index (χ4n) is 1.99. The summed E-state index contributed by atoms with van der Waals surface area (Å²) in [5.74, 6) is 1.79. The number of carbonyl (C=O) groups is 1. The minimum absolute atomic E-state index is 0.0801. The molecule has 0 saturated heterocycles. The van der Waals surface area contributed by atoms with Crippen LogP contribution in [0.4, 0.5) is 0 Å². The molecule has 6 heteroatoms. The standard InChI is InChI=1S/C13H22N4O2/c1-8-6-9(8)11(18)15-13(2,3)12-14-10(19-16-12)7-17(4)5/h8-9H,6-7H2,1-5H3,(H,15,18). The summed E-state index contributed by atoms with van der Waals surface area (Å²) >= 11 is 0. The maximum absolute atomic E-state index is 12.0. The normalized spacial score (nSPS) is 22.6. The molecule has 0 spiro atoms. The second kappa shape index (κ2) is 4.92. The Bertz CT molecular complexity index is 467. The predicted molar refractivity (Wildman–Crippen MR) is 70.1 cm³/mol. The van der Waals surface area contributed by atoms with Gasteiger partial charge in [0.25, 0.3) is 0 Å². The van der Waals surface area contributed by atoms with Crippen LogP contribution in [-0.4, -0.2) is 35.0 Å². The number of aromatic nitrogens is 2. The van der Waals surface area contributed by atoms with Gasteiger partial charge in [-0.25, -0.2) is 0 Å². The average molecular weight is 266 g/mol. The molecular weight excluding hydrogens is 244 g/mol. The lowest BCUT2D eigenvalue weighted by Gasteiger charge is -2.22. The van der Waals surface area contributed by atoms with Gasteiger partial charge in [0.2, 0.25) is 11.8 Å². The molecule has 0 aliphatic heterocycles. The summed E-state index contributed by atoms with van der Waals surface area (Å²) in [6.45, 7) is 6.46. The minimum Gasteiger partial charge on any atom is -0.344 e. The molecule has 0 aromatic carbocycles. The van der Waals surface area contributed by atoms with Crippen molar-refractivity contribution in [2.75, 3.05) is 14.1 Å². The third-order valence-corrected chi connectivity index (χ3v) is 3.36. The second-order valence-corrected chi connectivity index (χ2v) is 6.18. The topological polar surface area (TPSA) is 71.3 Å². The number of carbonyl (C=O) groups excluding carboxylic acids is 1. The van der Waals surface area contributed by atoms with E-state index in [1.165, 1.54) is 0 Å². The van der Waals surface area contributed by atoms with E-state index in [0.29, 0.717) is 24.2 Å². The van der Waals surface area contributed by atoms with E-state index in [4.69, 9.17) is 4.52 Å². The van der Waals surface area contributed by atoms with Gasteiger partial charge in [-0.05, 0) is 40.3 Å². The van der Waals surface area contributed by atoms with Gasteiger partial charge >= 0.3 is 0 Å². The lowest BCUT2D eigenvalue weighted by molar-refractivity contribution is -0.124. The number of rotatable bonds is 5. The van der Waals surface area contributed by atoms with Gasteiger partial charge < -0.3 is 14.7 Å². The minimum atomic E-state index is -0.604. The molecule has 2 unspecified atom stereocenters. The zero-order chi connectivity index (χ0) is 14.2. The first-order valence-electron chi connectivity index (χ1n) is 6.59. The van der Waals surface area contributed by atoms with Crippen LogP contribution in [0.15, 0.2) is 4.52 Å². The van der Waals surface area contributed by atoms with Crippen molar-refractivity contribution in [1.29, 1.82) is 0 Å². The molecule has 0 radical (unpaired) electrons. The quantitative estimate of drug-likeness (QED) is 0.865. The number of hydrogen-bond acceptors (Lipinski definition) is 5. The zero-order valence-corrected chi connectivity index (χ0v) is 12.2. The highest BCUT2D eigenvalue weighted by molar-refractivity contribution is 5.82. The van der Waals surface area contributed by atoms with Gasteiger partial charge in [-0.15, -0.1) is 0 Å². The molecule has 1 aromatic heterocycles. The SMILES string of the molecule is CC1CC1C(=O)NC(C)(C)c1noc(CN(C)C)n1. The van der Waals surface area contributed by atoms with Crippen molar-refractivity contribution in [3.05, 3.63) is 11.7 Å². The van der Waals surface area contributed by atoms with Crippen molar-refractivity contribution in [1.82, 2.24) is 20.4 Å². The molecule has 1 saturated carbocycles. The van der Waals surface area contributed by atoms with Gasteiger partial charge in [-0.3, -0.25) is 4.79 Å². The molecule has 1 N–H and O–H groups in total. The molecule has 6 nitrogen and oxygen atoms in total. The predicted octanol–water partition coefficient (Wildman–Crippen LogP) is 1.14. The number of nitrogens with one attached hydrogen (secondary N) is 1. The lowest BCUT2D eigenvalue weighted by atomic mass is 10.0. The Morgan fingerprint density at radius 2 is 2.16 bits per heavy atom. The van der Waals surface area contributed by atoms with Crippen molar-refractivity contribution in [3.63, 3.8) is 0 Å². The Morgan fingerprint density at radius 3 is 2.68 bits per heavy atom. The van der Waals surface area contributed by atoms with Gasteiger partial charge in [-0.2, -0.15) is 4.98 Å². The summed E-state index contributed by atoms with van der Waals surface area (Å²) in [4.78, 5) is 18.3. The van der Waals surface area contributed by atoms with E-state index in [0.717, 1.165) is 6.42 Å². The van der Waals surface area contributed by atoms with E-state index in [1.54, 1.807) is 0 Å². The summed E-state index contributed by atoms with van der Waals surface area (Å²) < 4.78 is 5.19. The molecule has 0 bridgehead atoms. The second-order valence-electron chi connectivity index (χ2n) is 6.18. The van der Waals surface area contributed by atoms with Gasteiger partial charge in [0.05, 0.1) is 12.1 Å². The van der Waals surface area contributed by atoms with Crippen LogP contribution in [0.25, 0.3) is 0 Å². The van der Waals surface area contributed by atoms with Crippen molar-refractivity contribution < 1.29 is 9.32 Å². The van der Waals surface area contributed by atoms with E-state index in [2.05, 4.69) is 22.4 Å². The summed E-state index contributed by atoms with van der Waals surface area (Å²) in [7, 11) is 3.87. The number of nitrogens with zero attached hydrogens (tertiary/aromatic N) is 3. The van der Waals surface area contributed by atoms with Crippen molar-refractivity contribution in [3.8, 4) is 0 Å². The molecule has 1 aromatic rings. The molecule has 1 aliphatic rings. The lowest BCUT2D eigenvalue weighted by Crippen LogP contribution is -2.42. The van der Waals surface area contributed by atoms with E-state index in [9.17, 15) is 4.79 Å². The van der Waals surface area contributed by atoms with Gasteiger partial charge in [0, 0.05) is 5.92 Å². The molecule has 1 amide bonds. The molecule has 1 heterocycles. The summed E-state index contributed by atoms with van der Waals surface area (Å²) in [5.41, 5.74) is -0.604. The molecule has 19 heavy (non-hydrogen) atoms. The highest BCUT2D eigenvalue weighted by Crippen LogP contribution is 2.38. The molecule has 2 rings (SSSR count). The fraction of sp³-hybridized carbons (Fsp3) is 0.769. The van der Waals surface area contributed by atoms with Crippen molar-refractivity contribution in [2.24, 2.45) is 11.8 Å². The van der Waals surface area contributed by atoms with E-state index < -0.39 is 5.54 Å². The Kier molecular flexibility index (Phi) is 3.62. The molecular formula is C13H22N4O2. The van der Waals surface area contributed by atoms with Crippen LogP contribution in [0.5, 0.6) is 0 Å². The molecule has 106 valence electrons. The van der Waals surface area contributed by atoms with E-state index >= 15 is 0 Å². The smallest absolute Gasteiger partial charge is 0.240 e. The summed E-state index contributed by atoms with van der Waals surface area (Å²) in [6, 6.07) is 0. The van der Waals surface area contributed by atoms with E-state index in [-0.39, 0.29) is 11.8 Å². The Morgan fingerprint density at radius 1 is 1.53 bits per heavy atom. The Labute approximate surface area is 113 Å². The Balaban J connectivity index is 2.02. The van der Waals surface area contributed by atoms with E-state index in [1.807, 2.05) is 32.8 Å². The number of hydrogen-bond donors (Lipinski definition) is 1. The maximum Gasteiger partial charge on any atom is 0.240 e. The molecule has 1 aliphatic carbocycles. The van der Waals surface area contributed by atoms with Crippen LogP contribution < -0.4 is 5.32 Å². The van der Waals surface area contributed by atoms with Gasteiger partial charge in [0.15, 0.2) is 5.82 Å². The van der Waals surface area contributed by atoms with Crippen LogP contribution >= 0.6 is 0 Å². The van der Waals surface area contributed by atoms with Gasteiger partial charge in [-0.1, -0.05) is 12.1 Å². The highest BCUT2D eigenvalue weighted by Gasteiger charge is 2.41. The zero-order valence-electron chi connectivity index (χ0n) is 12.2. The number of amides is 1. The summed E-state index contributed by atoms with van der Waals surface area (Å²) in [6.07, 6.45) is 0.972. The first-order valence-corrected chi connectivity index (χ1v) is 6.59. The van der Waals surface area contributed by atoms with Crippen molar-refractivity contribution >= 4 is 5.91 Å². The average Bonchev–Trinajstić information content (AvgIpc) is 2.82. The van der Waals surface area contributed by atoms with Crippen LogP contribution in [-0.2, 0) is 16.9 Å². The van der Waals surface area contributed by atoms with Crippen LogP contribution in [0.3, 0.4) is 0 Å². The monoisotopic (exact) mass is 266 g/mol. The van der Waals surface area contributed by atoms with Crippen LogP contribution in [0, 0.1) is 11.8 Å². The van der Waals surface area contributed by atoms with Crippen LogP contribution in [0.1, 0.15) is 38.9 Å². The molecule has 2 atom stereocenters. The third-order valence-electron chi connectivity index (χ3n) is 3.36.